The second-order valence-corrected chi connectivity index (χ2v) is 8.14. The van der Waals surface area contributed by atoms with Gasteiger partial charge in [0, 0.05) is 4.47 Å². The molecule has 0 fully saturated rings. The van der Waals surface area contributed by atoms with E-state index in [4.69, 9.17) is 10.5 Å². The van der Waals surface area contributed by atoms with Gasteiger partial charge in [0.25, 0.3) is 10.0 Å². The summed E-state index contributed by atoms with van der Waals surface area (Å²) in [5.41, 5.74) is 9.51. The molecule has 1 aromatic heterocycles. The number of nitrogens with two attached hydrogens (primary N) is 1. The highest BCUT2D eigenvalue weighted by atomic mass is 79.9. The number of ether oxygens (including phenoxy) is 1. The van der Waals surface area contributed by atoms with E-state index in [-0.39, 0.29) is 22.3 Å². The van der Waals surface area contributed by atoms with Gasteiger partial charge in [-0.3, -0.25) is 5.43 Å². The second-order valence-electron chi connectivity index (χ2n) is 5.54. The first-order chi connectivity index (χ1) is 12.8. The molecule has 0 aliphatic rings. The average molecular weight is 450 g/mol. The molecule has 4 N–H and O–H groups in total. The van der Waals surface area contributed by atoms with Gasteiger partial charge in [-0.1, -0.05) is 33.6 Å². The normalized spacial score (nSPS) is 11.2. The molecule has 0 amide bonds. The molecule has 0 saturated heterocycles. The van der Waals surface area contributed by atoms with Gasteiger partial charge in [0.15, 0.2) is 5.82 Å². The summed E-state index contributed by atoms with van der Waals surface area (Å²) in [6, 6.07) is 13.5. The van der Waals surface area contributed by atoms with Gasteiger partial charge in [0.2, 0.25) is 5.88 Å². The minimum Gasteiger partial charge on any atom is -0.437 e. The van der Waals surface area contributed by atoms with E-state index in [1.165, 1.54) is 18.5 Å². The number of nitrogens with one attached hydrogen (secondary N) is 2. The van der Waals surface area contributed by atoms with Crippen LogP contribution in [-0.2, 0) is 10.0 Å². The highest BCUT2D eigenvalue weighted by Crippen LogP contribution is 2.29. The standard InChI is InChI=1S/C17H16BrN5O3S/c1-11-2-8-14(9-3-11)27(24,25)23-22-16-15(19)17(21-10-20-16)26-13-6-4-12(18)5-7-13/h2-10,23H,19H2,1H3,(H,20,21,22). The number of sulfonamides is 1. The highest BCUT2D eigenvalue weighted by Gasteiger charge is 2.16. The maximum Gasteiger partial charge on any atom is 0.257 e. The van der Waals surface area contributed by atoms with Gasteiger partial charge in [0.05, 0.1) is 4.90 Å². The summed E-state index contributed by atoms with van der Waals surface area (Å²) in [6.45, 7) is 1.87. The molecule has 0 unspecified atom stereocenters. The van der Waals surface area contributed by atoms with Gasteiger partial charge in [-0.15, -0.1) is 4.83 Å². The summed E-state index contributed by atoms with van der Waals surface area (Å²) in [7, 11) is -3.79. The van der Waals surface area contributed by atoms with Crippen LogP contribution in [0.25, 0.3) is 0 Å². The third kappa shape index (κ3) is 4.73. The van der Waals surface area contributed by atoms with Crippen LogP contribution in [0.5, 0.6) is 11.6 Å². The molecular formula is C17H16BrN5O3S. The Labute approximate surface area is 165 Å². The summed E-state index contributed by atoms with van der Waals surface area (Å²) >= 11 is 3.34. The number of halogens is 1. The Morgan fingerprint density at radius 2 is 1.70 bits per heavy atom. The minimum atomic E-state index is -3.79. The molecule has 0 spiro atoms. The molecule has 2 aromatic carbocycles. The fourth-order valence-corrected chi connectivity index (χ4v) is 3.17. The lowest BCUT2D eigenvalue weighted by Crippen LogP contribution is -2.30. The monoisotopic (exact) mass is 449 g/mol. The van der Waals surface area contributed by atoms with Crippen LogP contribution in [0.15, 0.2) is 64.2 Å². The van der Waals surface area contributed by atoms with Crippen molar-refractivity contribution in [2.75, 3.05) is 11.2 Å². The van der Waals surface area contributed by atoms with E-state index in [2.05, 4.69) is 36.2 Å². The third-order valence-corrected chi connectivity index (χ3v) is 5.30. The number of benzene rings is 2. The maximum atomic E-state index is 12.3. The number of hydrogen-bond acceptors (Lipinski definition) is 7. The number of rotatable bonds is 6. The Morgan fingerprint density at radius 1 is 1.04 bits per heavy atom. The molecule has 8 nitrogen and oxygen atoms in total. The van der Waals surface area contributed by atoms with Crippen LogP contribution in [0.1, 0.15) is 5.56 Å². The van der Waals surface area contributed by atoms with Crippen LogP contribution in [0.2, 0.25) is 0 Å². The summed E-state index contributed by atoms with van der Waals surface area (Å²) in [4.78, 5) is 10.3. The van der Waals surface area contributed by atoms with Crippen molar-refractivity contribution >= 4 is 37.5 Å². The Kier molecular flexibility index (Phi) is 5.59. The summed E-state index contributed by atoms with van der Waals surface area (Å²) in [5.74, 6) is 0.701. The maximum absolute atomic E-state index is 12.3. The Balaban J connectivity index is 1.75. The number of hydrazine groups is 1. The summed E-state index contributed by atoms with van der Waals surface area (Å²) in [5, 5.41) is 0. The zero-order valence-electron chi connectivity index (χ0n) is 14.2. The van der Waals surface area contributed by atoms with E-state index >= 15 is 0 Å². The fraction of sp³-hybridized carbons (Fsp3) is 0.0588. The van der Waals surface area contributed by atoms with Crippen molar-refractivity contribution in [1.29, 1.82) is 0 Å². The van der Waals surface area contributed by atoms with Crippen LogP contribution < -0.4 is 20.7 Å². The predicted octanol–water partition coefficient (Wildman–Crippen LogP) is 3.23. The van der Waals surface area contributed by atoms with Crippen molar-refractivity contribution in [2.24, 2.45) is 0 Å². The largest absolute Gasteiger partial charge is 0.437 e. The van der Waals surface area contributed by atoms with Gasteiger partial charge in [-0.05, 0) is 43.3 Å². The van der Waals surface area contributed by atoms with Crippen molar-refractivity contribution in [3.05, 3.63) is 64.9 Å². The van der Waals surface area contributed by atoms with Crippen LogP contribution in [0, 0.1) is 6.92 Å². The van der Waals surface area contributed by atoms with Gasteiger partial charge in [-0.25, -0.2) is 13.4 Å². The fourth-order valence-electron chi connectivity index (χ4n) is 2.07. The number of nitrogen functional groups attached to an aromatic ring is 1. The quantitative estimate of drug-likeness (QED) is 0.494. The van der Waals surface area contributed by atoms with E-state index in [9.17, 15) is 8.42 Å². The van der Waals surface area contributed by atoms with Crippen LogP contribution in [0.4, 0.5) is 11.5 Å². The lowest BCUT2D eigenvalue weighted by molar-refractivity contribution is 0.464. The van der Waals surface area contributed by atoms with E-state index in [1.807, 2.05) is 19.1 Å². The first kappa shape index (κ1) is 19.1. The first-order valence-electron chi connectivity index (χ1n) is 7.73. The van der Waals surface area contributed by atoms with Gasteiger partial charge < -0.3 is 10.5 Å². The highest BCUT2D eigenvalue weighted by molar-refractivity contribution is 9.10. The molecule has 0 bridgehead atoms. The Hall–Kier alpha value is -2.69. The minimum absolute atomic E-state index is 0.0621. The number of aromatic nitrogens is 2. The SMILES string of the molecule is Cc1ccc(S(=O)(=O)NNc2ncnc(Oc3ccc(Br)cc3)c2N)cc1. The molecule has 0 radical (unpaired) electrons. The molecular weight excluding hydrogens is 434 g/mol. The number of aryl methyl sites for hydroxylation is 1. The van der Waals surface area contributed by atoms with E-state index < -0.39 is 10.0 Å². The van der Waals surface area contributed by atoms with Crippen molar-refractivity contribution in [1.82, 2.24) is 14.8 Å². The van der Waals surface area contributed by atoms with E-state index in [0.29, 0.717) is 5.75 Å². The van der Waals surface area contributed by atoms with Crippen molar-refractivity contribution in [3.8, 4) is 11.6 Å². The number of hydrogen-bond donors (Lipinski definition) is 3. The molecule has 0 atom stereocenters. The van der Waals surface area contributed by atoms with Gasteiger partial charge >= 0.3 is 0 Å². The lowest BCUT2D eigenvalue weighted by Gasteiger charge is -2.13. The average Bonchev–Trinajstić information content (AvgIpc) is 2.64. The summed E-state index contributed by atoms with van der Waals surface area (Å²) in [6.07, 6.45) is 1.22. The topological polar surface area (TPSA) is 119 Å². The van der Waals surface area contributed by atoms with E-state index in [0.717, 1.165) is 10.0 Å². The summed E-state index contributed by atoms with van der Waals surface area (Å²) < 4.78 is 31.2. The number of anilines is 2. The smallest absolute Gasteiger partial charge is 0.257 e. The zero-order valence-corrected chi connectivity index (χ0v) is 16.6. The molecule has 27 heavy (non-hydrogen) atoms. The number of nitrogens with zero attached hydrogens (tertiary/aromatic N) is 2. The Morgan fingerprint density at radius 3 is 2.37 bits per heavy atom. The molecule has 10 heteroatoms. The molecule has 1 heterocycles. The predicted molar refractivity (Wildman–Crippen MR) is 106 cm³/mol. The second kappa shape index (κ2) is 7.91. The molecule has 3 rings (SSSR count). The first-order valence-corrected chi connectivity index (χ1v) is 10.0. The van der Waals surface area contributed by atoms with Crippen molar-refractivity contribution < 1.29 is 13.2 Å². The Bertz CT molecular complexity index is 1040. The molecule has 140 valence electrons. The van der Waals surface area contributed by atoms with Crippen LogP contribution >= 0.6 is 15.9 Å². The van der Waals surface area contributed by atoms with Crippen molar-refractivity contribution in [2.45, 2.75) is 11.8 Å². The van der Waals surface area contributed by atoms with Crippen LogP contribution in [0.3, 0.4) is 0 Å². The van der Waals surface area contributed by atoms with Crippen LogP contribution in [-0.4, -0.2) is 18.4 Å². The molecule has 3 aromatic rings. The third-order valence-electron chi connectivity index (χ3n) is 3.51. The molecule has 0 aliphatic heterocycles. The molecule has 0 aliphatic carbocycles. The van der Waals surface area contributed by atoms with Crippen molar-refractivity contribution in [3.63, 3.8) is 0 Å². The van der Waals surface area contributed by atoms with E-state index in [1.54, 1.807) is 24.3 Å². The zero-order chi connectivity index (χ0) is 19.4. The van der Waals surface area contributed by atoms with Gasteiger partial charge in [-0.2, -0.15) is 4.98 Å². The lowest BCUT2D eigenvalue weighted by atomic mass is 10.2. The molecule has 0 saturated carbocycles. The van der Waals surface area contributed by atoms with Gasteiger partial charge in [0.1, 0.15) is 17.8 Å².